The lowest BCUT2D eigenvalue weighted by Crippen LogP contribution is -2.26. The number of anilines is 1. The van der Waals surface area contributed by atoms with Gasteiger partial charge in [-0.3, -0.25) is 9.59 Å². The van der Waals surface area contributed by atoms with Crippen LogP contribution in [0.3, 0.4) is 0 Å². The van der Waals surface area contributed by atoms with E-state index in [0.29, 0.717) is 22.6 Å². The number of nitrogens with zero attached hydrogens (tertiary/aromatic N) is 3. The first-order chi connectivity index (χ1) is 15.9. The van der Waals surface area contributed by atoms with Gasteiger partial charge in [0.2, 0.25) is 11.7 Å². The van der Waals surface area contributed by atoms with Crippen LogP contribution >= 0.6 is 0 Å². The molecule has 0 radical (unpaired) electrons. The molecule has 0 fully saturated rings. The maximum Gasteiger partial charge on any atom is 0.337 e. The summed E-state index contributed by atoms with van der Waals surface area (Å²) in [5, 5.41) is 6.70. The maximum atomic E-state index is 12.5. The van der Waals surface area contributed by atoms with E-state index in [1.807, 2.05) is 31.2 Å². The average Bonchev–Trinajstić information content (AvgIpc) is 3.31. The Balaban J connectivity index is 1.49. The molecule has 2 heterocycles. The lowest BCUT2D eigenvalue weighted by molar-refractivity contribution is -0.116. The van der Waals surface area contributed by atoms with E-state index in [4.69, 9.17) is 4.52 Å². The molecule has 9 nitrogen and oxygen atoms in total. The quantitative estimate of drug-likeness (QED) is 0.454. The minimum atomic E-state index is -0.470. The fraction of sp³-hybridized carbons (Fsp3) is 0.125. The molecule has 166 valence electrons. The number of hydrogen-bond donors (Lipinski definition) is 1. The van der Waals surface area contributed by atoms with Crippen LogP contribution in [0.4, 0.5) is 5.69 Å². The number of benzene rings is 2. The summed E-state index contributed by atoms with van der Waals surface area (Å²) in [5.74, 6) is -0.215. The fourth-order valence-electron chi connectivity index (χ4n) is 3.19. The van der Waals surface area contributed by atoms with Crippen molar-refractivity contribution in [1.82, 2.24) is 14.7 Å². The van der Waals surface area contributed by atoms with Crippen LogP contribution in [0.15, 0.2) is 76.2 Å². The number of carbonyl (C=O) groups excluding carboxylic acids is 2. The van der Waals surface area contributed by atoms with Crippen molar-refractivity contribution >= 4 is 17.6 Å². The van der Waals surface area contributed by atoms with Crippen molar-refractivity contribution in [2.75, 3.05) is 12.4 Å². The number of pyridine rings is 1. The highest BCUT2D eigenvalue weighted by atomic mass is 16.5. The molecule has 0 aliphatic rings. The Morgan fingerprint density at radius 2 is 1.85 bits per heavy atom. The van der Waals surface area contributed by atoms with E-state index in [9.17, 15) is 14.4 Å². The summed E-state index contributed by atoms with van der Waals surface area (Å²) in [7, 11) is 1.29. The number of rotatable bonds is 6. The molecular formula is C24H20N4O5. The zero-order valence-corrected chi connectivity index (χ0v) is 17.9. The van der Waals surface area contributed by atoms with Crippen LogP contribution in [0.2, 0.25) is 0 Å². The molecule has 0 unspecified atom stereocenters. The Labute approximate surface area is 188 Å². The monoisotopic (exact) mass is 444 g/mol. The predicted molar refractivity (Wildman–Crippen MR) is 121 cm³/mol. The van der Waals surface area contributed by atoms with Crippen LogP contribution in [-0.2, 0) is 16.1 Å². The Hall–Kier alpha value is -4.53. The summed E-state index contributed by atoms with van der Waals surface area (Å²) >= 11 is 0. The van der Waals surface area contributed by atoms with Gasteiger partial charge in [-0.1, -0.05) is 28.9 Å². The van der Waals surface area contributed by atoms with E-state index in [1.165, 1.54) is 36.1 Å². The van der Waals surface area contributed by atoms with Crippen molar-refractivity contribution < 1.29 is 18.8 Å². The number of aryl methyl sites for hydroxylation is 1. The summed E-state index contributed by atoms with van der Waals surface area (Å²) in [5.41, 5.74) is 2.89. The molecule has 0 spiro atoms. The smallest absolute Gasteiger partial charge is 0.337 e. The third kappa shape index (κ3) is 5.04. The van der Waals surface area contributed by atoms with Crippen molar-refractivity contribution in [3.8, 4) is 22.8 Å². The summed E-state index contributed by atoms with van der Waals surface area (Å²) in [6, 6.07) is 16.8. The first-order valence-corrected chi connectivity index (χ1v) is 10.0. The minimum absolute atomic E-state index is 0.218. The largest absolute Gasteiger partial charge is 0.465 e. The Morgan fingerprint density at radius 3 is 2.58 bits per heavy atom. The molecular weight excluding hydrogens is 424 g/mol. The molecule has 1 amide bonds. The normalized spacial score (nSPS) is 10.6. The van der Waals surface area contributed by atoms with Gasteiger partial charge in [0.15, 0.2) is 0 Å². The summed E-state index contributed by atoms with van der Waals surface area (Å²) < 4.78 is 11.3. The lowest BCUT2D eigenvalue weighted by Gasteiger charge is -2.08. The second-order valence-electron chi connectivity index (χ2n) is 7.29. The highest BCUT2D eigenvalue weighted by Gasteiger charge is 2.13. The fourth-order valence-corrected chi connectivity index (χ4v) is 3.19. The van der Waals surface area contributed by atoms with Gasteiger partial charge in [0, 0.05) is 23.5 Å². The number of esters is 1. The van der Waals surface area contributed by atoms with Crippen LogP contribution in [0.25, 0.3) is 22.8 Å². The van der Waals surface area contributed by atoms with Crippen LogP contribution in [0.5, 0.6) is 0 Å². The predicted octanol–water partition coefficient (Wildman–Crippen LogP) is 3.30. The molecule has 2 aromatic carbocycles. The molecule has 0 aliphatic carbocycles. The van der Waals surface area contributed by atoms with Gasteiger partial charge in [0.25, 0.3) is 11.4 Å². The Morgan fingerprint density at radius 1 is 1.06 bits per heavy atom. The van der Waals surface area contributed by atoms with Crippen molar-refractivity contribution in [2.45, 2.75) is 13.5 Å². The zero-order valence-electron chi connectivity index (χ0n) is 17.9. The third-order valence-electron chi connectivity index (χ3n) is 4.84. The van der Waals surface area contributed by atoms with Crippen LogP contribution < -0.4 is 10.9 Å². The van der Waals surface area contributed by atoms with E-state index in [1.54, 1.807) is 18.2 Å². The highest BCUT2D eigenvalue weighted by molar-refractivity contribution is 5.93. The van der Waals surface area contributed by atoms with E-state index in [-0.39, 0.29) is 18.0 Å². The molecule has 4 rings (SSSR count). The molecule has 9 heteroatoms. The third-order valence-corrected chi connectivity index (χ3v) is 4.84. The van der Waals surface area contributed by atoms with E-state index >= 15 is 0 Å². The van der Waals surface area contributed by atoms with Crippen molar-refractivity contribution in [2.24, 2.45) is 0 Å². The number of hydrogen-bond acceptors (Lipinski definition) is 7. The summed E-state index contributed by atoms with van der Waals surface area (Å²) in [6.07, 6.45) is 1.50. The molecule has 33 heavy (non-hydrogen) atoms. The average molecular weight is 444 g/mol. The van der Waals surface area contributed by atoms with Crippen LogP contribution in [-0.4, -0.2) is 33.7 Å². The molecule has 0 saturated carbocycles. The number of amides is 1. The molecule has 0 aliphatic heterocycles. The Bertz CT molecular complexity index is 1370. The number of methoxy groups -OCH3 is 1. The van der Waals surface area contributed by atoms with Crippen molar-refractivity contribution in [3.63, 3.8) is 0 Å². The maximum absolute atomic E-state index is 12.5. The number of nitrogens with one attached hydrogen (secondary N) is 1. The molecule has 0 bridgehead atoms. The lowest BCUT2D eigenvalue weighted by atomic mass is 10.1. The summed E-state index contributed by atoms with van der Waals surface area (Å²) in [6.45, 7) is 1.75. The zero-order chi connectivity index (χ0) is 23.4. The van der Waals surface area contributed by atoms with Gasteiger partial charge in [-0.2, -0.15) is 4.98 Å². The standard InChI is InChI=1S/C24H20N4O5/c1-15-4-3-5-17(12-15)22-26-23(33-27-22)18-8-11-21(30)28(13-18)14-20(29)25-19-9-6-16(7-10-19)24(31)32-2/h3-13H,14H2,1-2H3,(H,25,29). The van der Waals surface area contributed by atoms with Crippen molar-refractivity contribution in [3.05, 3.63) is 88.3 Å². The van der Waals surface area contributed by atoms with Crippen molar-refractivity contribution in [1.29, 1.82) is 0 Å². The molecule has 0 saturated heterocycles. The van der Waals surface area contributed by atoms with Gasteiger partial charge in [0.1, 0.15) is 6.54 Å². The van der Waals surface area contributed by atoms with Gasteiger partial charge >= 0.3 is 5.97 Å². The first kappa shape index (κ1) is 21.7. The van der Waals surface area contributed by atoms with E-state index in [2.05, 4.69) is 20.2 Å². The van der Waals surface area contributed by atoms with E-state index < -0.39 is 11.9 Å². The second-order valence-corrected chi connectivity index (χ2v) is 7.29. The topological polar surface area (TPSA) is 116 Å². The van der Waals surface area contributed by atoms with Crippen LogP contribution in [0.1, 0.15) is 15.9 Å². The highest BCUT2D eigenvalue weighted by Crippen LogP contribution is 2.22. The number of ether oxygens (including phenoxy) is 1. The SMILES string of the molecule is COC(=O)c1ccc(NC(=O)Cn2cc(-c3nc(-c4cccc(C)c4)no3)ccc2=O)cc1. The van der Waals surface area contributed by atoms with Gasteiger partial charge in [-0.05, 0) is 43.3 Å². The molecule has 2 aromatic heterocycles. The Kier molecular flexibility index (Phi) is 6.12. The van der Waals surface area contributed by atoms with Gasteiger partial charge in [-0.15, -0.1) is 0 Å². The number of aromatic nitrogens is 3. The minimum Gasteiger partial charge on any atom is -0.465 e. The molecule has 0 atom stereocenters. The first-order valence-electron chi connectivity index (χ1n) is 10.0. The van der Waals surface area contributed by atoms with E-state index in [0.717, 1.165) is 11.1 Å². The van der Waals surface area contributed by atoms with Gasteiger partial charge in [-0.25, -0.2) is 4.79 Å². The van der Waals surface area contributed by atoms with Crippen LogP contribution in [0, 0.1) is 6.92 Å². The second kappa shape index (κ2) is 9.31. The number of carbonyl (C=O) groups is 2. The van der Waals surface area contributed by atoms with Gasteiger partial charge < -0.3 is 19.1 Å². The molecule has 4 aromatic rings. The van der Waals surface area contributed by atoms with Gasteiger partial charge in [0.05, 0.1) is 18.2 Å². The molecule has 1 N–H and O–H groups in total. The summed E-state index contributed by atoms with van der Waals surface area (Å²) in [4.78, 5) is 40.7.